The number of nitrogens with one attached hydrogen (secondary N) is 2. The van der Waals surface area contributed by atoms with E-state index < -0.39 is 5.82 Å². The van der Waals surface area contributed by atoms with E-state index in [1.807, 2.05) is 0 Å². The first kappa shape index (κ1) is 17.7. The van der Waals surface area contributed by atoms with Crippen LogP contribution in [0.1, 0.15) is 29.9 Å². The van der Waals surface area contributed by atoms with Crippen LogP contribution in [0.4, 0.5) is 4.39 Å². The number of hydrogen-bond donors (Lipinski definition) is 2. The Bertz CT molecular complexity index is 740. The quantitative estimate of drug-likeness (QED) is 0.792. The van der Waals surface area contributed by atoms with Gasteiger partial charge in [-0.1, -0.05) is 26.0 Å². The van der Waals surface area contributed by atoms with Gasteiger partial charge < -0.3 is 10.6 Å². The second-order valence-electron chi connectivity index (χ2n) is 5.71. The Kier molecular flexibility index (Phi) is 5.68. The van der Waals surface area contributed by atoms with Crippen LogP contribution < -0.4 is 10.6 Å². The van der Waals surface area contributed by atoms with Crippen molar-refractivity contribution in [1.82, 2.24) is 20.4 Å². The van der Waals surface area contributed by atoms with Gasteiger partial charge in [0.15, 0.2) is 0 Å². The van der Waals surface area contributed by atoms with Crippen molar-refractivity contribution in [3.8, 4) is 5.69 Å². The molecule has 0 saturated heterocycles. The summed E-state index contributed by atoms with van der Waals surface area (Å²) in [6, 6.07) is 6.24. The third-order valence-corrected chi connectivity index (χ3v) is 3.57. The Morgan fingerprint density at radius 1 is 1.21 bits per heavy atom. The molecule has 24 heavy (non-hydrogen) atoms. The van der Waals surface area contributed by atoms with Crippen molar-refractivity contribution < 1.29 is 14.0 Å². The van der Waals surface area contributed by atoms with E-state index in [1.54, 1.807) is 39.0 Å². The summed E-state index contributed by atoms with van der Waals surface area (Å²) in [6.45, 7) is 5.96. The normalized spacial score (nSPS) is 10.7. The molecule has 0 spiro atoms. The van der Waals surface area contributed by atoms with Gasteiger partial charge in [0.05, 0.1) is 17.5 Å². The van der Waals surface area contributed by atoms with Crippen molar-refractivity contribution in [2.75, 3.05) is 13.1 Å². The Labute approximate surface area is 140 Å². The van der Waals surface area contributed by atoms with E-state index in [0.717, 1.165) is 0 Å². The molecule has 0 fully saturated rings. The number of carbonyl (C=O) groups is 2. The van der Waals surface area contributed by atoms with Crippen molar-refractivity contribution in [3.05, 3.63) is 47.5 Å². The highest BCUT2D eigenvalue weighted by Crippen LogP contribution is 2.16. The molecule has 0 aliphatic carbocycles. The van der Waals surface area contributed by atoms with E-state index in [9.17, 15) is 14.0 Å². The van der Waals surface area contributed by atoms with Gasteiger partial charge in [0, 0.05) is 19.0 Å². The van der Waals surface area contributed by atoms with Crippen molar-refractivity contribution in [2.24, 2.45) is 5.92 Å². The van der Waals surface area contributed by atoms with Gasteiger partial charge in [0.1, 0.15) is 11.5 Å². The zero-order valence-corrected chi connectivity index (χ0v) is 14.0. The largest absolute Gasteiger partial charge is 0.354 e. The highest BCUT2D eigenvalue weighted by atomic mass is 19.1. The number of benzene rings is 1. The van der Waals surface area contributed by atoms with E-state index in [1.165, 1.54) is 16.9 Å². The molecule has 7 heteroatoms. The van der Waals surface area contributed by atoms with Crippen LogP contribution in [0, 0.1) is 18.7 Å². The summed E-state index contributed by atoms with van der Waals surface area (Å²) in [5.74, 6) is -0.879. The summed E-state index contributed by atoms with van der Waals surface area (Å²) < 4.78 is 15.2. The minimum Gasteiger partial charge on any atom is -0.354 e. The Hall–Kier alpha value is -2.70. The Morgan fingerprint density at radius 3 is 2.54 bits per heavy atom. The fourth-order valence-electron chi connectivity index (χ4n) is 2.16. The smallest absolute Gasteiger partial charge is 0.254 e. The number of para-hydroxylation sites is 1. The highest BCUT2D eigenvalue weighted by molar-refractivity contribution is 5.95. The monoisotopic (exact) mass is 332 g/mol. The van der Waals surface area contributed by atoms with Crippen LogP contribution in [-0.2, 0) is 4.79 Å². The van der Waals surface area contributed by atoms with Gasteiger partial charge in [-0.05, 0) is 19.1 Å². The van der Waals surface area contributed by atoms with Crippen LogP contribution >= 0.6 is 0 Å². The molecule has 6 nitrogen and oxygen atoms in total. The molecule has 0 unspecified atom stereocenters. The number of hydrogen-bond acceptors (Lipinski definition) is 3. The summed E-state index contributed by atoms with van der Waals surface area (Å²) in [7, 11) is 0. The third kappa shape index (κ3) is 3.98. The fourth-order valence-corrected chi connectivity index (χ4v) is 2.16. The van der Waals surface area contributed by atoms with Crippen molar-refractivity contribution in [2.45, 2.75) is 20.8 Å². The molecular weight excluding hydrogens is 311 g/mol. The molecule has 2 aromatic rings. The van der Waals surface area contributed by atoms with E-state index in [2.05, 4.69) is 15.7 Å². The van der Waals surface area contributed by atoms with Crippen LogP contribution in [0.3, 0.4) is 0 Å². The lowest BCUT2D eigenvalue weighted by Crippen LogP contribution is -2.36. The summed E-state index contributed by atoms with van der Waals surface area (Å²) in [5.41, 5.74) is 1.20. The first-order chi connectivity index (χ1) is 11.4. The molecule has 2 rings (SSSR count). The van der Waals surface area contributed by atoms with E-state index in [4.69, 9.17) is 0 Å². The predicted octanol–water partition coefficient (Wildman–Crippen LogP) is 1.82. The van der Waals surface area contributed by atoms with Crippen LogP contribution in [0.2, 0.25) is 0 Å². The maximum atomic E-state index is 13.9. The zero-order valence-electron chi connectivity index (χ0n) is 14.0. The number of carbonyl (C=O) groups excluding carboxylic acids is 2. The van der Waals surface area contributed by atoms with Gasteiger partial charge in [-0.15, -0.1) is 0 Å². The molecule has 128 valence electrons. The summed E-state index contributed by atoms with van der Waals surface area (Å²) >= 11 is 0. The second kappa shape index (κ2) is 7.72. The van der Waals surface area contributed by atoms with Gasteiger partial charge in [-0.2, -0.15) is 5.10 Å². The van der Waals surface area contributed by atoms with Crippen LogP contribution in [0.25, 0.3) is 5.69 Å². The van der Waals surface area contributed by atoms with Crippen LogP contribution in [0.5, 0.6) is 0 Å². The lowest BCUT2D eigenvalue weighted by molar-refractivity contribution is -0.123. The minimum atomic E-state index is -0.410. The molecule has 0 radical (unpaired) electrons. The molecule has 1 heterocycles. The number of aromatic nitrogens is 2. The maximum absolute atomic E-state index is 13.9. The molecule has 0 aliphatic rings. The Balaban J connectivity index is 1.99. The lowest BCUT2D eigenvalue weighted by atomic mass is 10.2. The first-order valence-corrected chi connectivity index (χ1v) is 7.77. The number of halogens is 1. The van der Waals surface area contributed by atoms with Gasteiger partial charge in [0.25, 0.3) is 5.91 Å². The number of amides is 2. The van der Waals surface area contributed by atoms with E-state index >= 15 is 0 Å². The molecule has 0 bridgehead atoms. The maximum Gasteiger partial charge on any atom is 0.254 e. The van der Waals surface area contributed by atoms with Crippen molar-refractivity contribution >= 4 is 11.8 Å². The molecular formula is C17H21FN4O2. The molecule has 1 aromatic carbocycles. The van der Waals surface area contributed by atoms with Crippen LogP contribution in [0.15, 0.2) is 30.5 Å². The topological polar surface area (TPSA) is 76.0 Å². The fraction of sp³-hybridized carbons (Fsp3) is 0.353. The average Bonchev–Trinajstić information content (AvgIpc) is 2.93. The SMILES string of the molecule is Cc1c(C(=O)NCCNC(=O)C(C)C)cnn1-c1ccccc1F. The van der Waals surface area contributed by atoms with Crippen LogP contribution in [-0.4, -0.2) is 34.7 Å². The summed E-state index contributed by atoms with van der Waals surface area (Å²) in [6.07, 6.45) is 1.41. The summed E-state index contributed by atoms with van der Waals surface area (Å²) in [5, 5.41) is 9.52. The standard InChI is InChI=1S/C17H21FN4O2/c1-11(2)16(23)19-8-9-20-17(24)13-10-21-22(12(13)3)15-7-5-4-6-14(15)18/h4-7,10-11H,8-9H2,1-3H3,(H,19,23)(H,20,24). The predicted molar refractivity (Wildman–Crippen MR) is 88.4 cm³/mol. The Morgan fingerprint density at radius 2 is 1.88 bits per heavy atom. The third-order valence-electron chi connectivity index (χ3n) is 3.57. The number of nitrogens with zero attached hydrogens (tertiary/aromatic N) is 2. The first-order valence-electron chi connectivity index (χ1n) is 7.77. The molecule has 0 aliphatic heterocycles. The second-order valence-corrected chi connectivity index (χ2v) is 5.71. The highest BCUT2D eigenvalue weighted by Gasteiger charge is 2.16. The van der Waals surface area contributed by atoms with E-state index in [0.29, 0.717) is 30.0 Å². The van der Waals surface area contributed by atoms with Crippen molar-refractivity contribution in [3.63, 3.8) is 0 Å². The average molecular weight is 332 g/mol. The molecule has 1 aromatic heterocycles. The van der Waals surface area contributed by atoms with Gasteiger partial charge >= 0.3 is 0 Å². The molecule has 2 N–H and O–H groups in total. The van der Waals surface area contributed by atoms with Gasteiger partial charge in [0.2, 0.25) is 5.91 Å². The van der Waals surface area contributed by atoms with Gasteiger partial charge in [-0.25, -0.2) is 9.07 Å². The van der Waals surface area contributed by atoms with E-state index in [-0.39, 0.29) is 17.7 Å². The molecule has 0 saturated carbocycles. The molecule has 0 atom stereocenters. The lowest BCUT2D eigenvalue weighted by Gasteiger charge is -2.09. The summed E-state index contributed by atoms with van der Waals surface area (Å²) in [4.78, 5) is 23.6. The number of rotatable bonds is 6. The van der Waals surface area contributed by atoms with Gasteiger partial charge in [-0.3, -0.25) is 9.59 Å². The zero-order chi connectivity index (χ0) is 17.7. The molecule has 2 amide bonds. The van der Waals surface area contributed by atoms with Crippen molar-refractivity contribution in [1.29, 1.82) is 0 Å². The minimum absolute atomic E-state index is 0.0622.